The maximum atomic E-state index is 10.4. The molecule has 140 valence electrons. The number of hydrogen-bond acceptors (Lipinski definition) is 3. The molecule has 0 aromatic heterocycles. The Kier molecular flexibility index (Phi) is 17.0. The van der Waals surface area contributed by atoms with Crippen LogP contribution in [-0.4, -0.2) is 11.5 Å². The van der Waals surface area contributed by atoms with Crippen LogP contribution < -0.4 is 4.89 Å². The molecule has 1 unspecified atom stereocenters. The monoisotopic (exact) mass is 349 g/mol. The van der Waals surface area contributed by atoms with Gasteiger partial charge in [0.2, 0.25) is 0 Å². The highest BCUT2D eigenvalue weighted by molar-refractivity contribution is 7.44. The summed E-state index contributed by atoms with van der Waals surface area (Å²) in [4.78, 5) is 18.8. The molecule has 0 aliphatic rings. The fourth-order valence-corrected chi connectivity index (χ4v) is 3.19. The van der Waals surface area contributed by atoms with Crippen molar-refractivity contribution in [3.63, 3.8) is 0 Å². The predicted octanol–water partition coefficient (Wildman–Crippen LogP) is 5.73. The third-order valence-corrected chi connectivity index (χ3v) is 4.76. The van der Waals surface area contributed by atoms with Gasteiger partial charge in [0.15, 0.2) is 0 Å². The first kappa shape index (κ1) is 23.1. The first-order valence-electron chi connectivity index (χ1n) is 9.74. The van der Waals surface area contributed by atoms with E-state index in [-0.39, 0.29) is 6.61 Å². The van der Waals surface area contributed by atoms with Crippen molar-refractivity contribution in [2.75, 3.05) is 6.61 Å². The Labute approximate surface area is 143 Å². The van der Waals surface area contributed by atoms with Crippen molar-refractivity contribution in [3.05, 3.63) is 0 Å². The van der Waals surface area contributed by atoms with Gasteiger partial charge in [-0.15, -0.1) is 0 Å². The summed E-state index contributed by atoms with van der Waals surface area (Å²) in [7, 11) is -4.51. The summed E-state index contributed by atoms with van der Waals surface area (Å²) in [5, 5.41) is 0. The molecule has 4 nitrogen and oxygen atoms in total. The molecule has 0 amide bonds. The van der Waals surface area contributed by atoms with Crippen LogP contribution in [0.25, 0.3) is 0 Å². The molecule has 0 rings (SSSR count). The lowest BCUT2D eigenvalue weighted by Gasteiger charge is -2.14. The molecule has 1 N–H and O–H groups in total. The van der Waals surface area contributed by atoms with Crippen LogP contribution >= 0.6 is 7.82 Å². The third-order valence-electron chi connectivity index (χ3n) is 4.25. The van der Waals surface area contributed by atoms with E-state index in [4.69, 9.17) is 4.89 Å². The van der Waals surface area contributed by atoms with E-state index in [0.717, 1.165) is 12.8 Å². The smallest absolute Gasteiger partial charge is 0.265 e. The average Bonchev–Trinajstić information content (AvgIpc) is 2.49. The second-order valence-corrected chi connectivity index (χ2v) is 7.80. The van der Waals surface area contributed by atoms with Crippen LogP contribution in [0.3, 0.4) is 0 Å². The average molecular weight is 349 g/mol. The first-order valence-corrected chi connectivity index (χ1v) is 11.2. The molecule has 0 heterocycles. The molecule has 0 bridgehead atoms. The fraction of sp³-hybridized carbons (Fsp3) is 1.00. The number of phosphoric ester groups is 1. The number of hydrogen-bond donors (Lipinski definition) is 1. The second kappa shape index (κ2) is 17.0. The van der Waals surface area contributed by atoms with Gasteiger partial charge >= 0.3 is 0 Å². The number of rotatable bonds is 18. The van der Waals surface area contributed by atoms with Crippen LogP contribution in [0.5, 0.6) is 0 Å². The van der Waals surface area contributed by atoms with E-state index >= 15 is 0 Å². The SMILES string of the molecule is CCCCCCCCCCCCCCCCCCOP(=O)([O-])O. The molecule has 0 aliphatic heterocycles. The van der Waals surface area contributed by atoms with Crippen molar-refractivity contribution < 1.29 is 18.9 Å². The molecule has 0 aromatic rings. The van der Waals surface area contributed by atoms with Gasteiger partial charge in [0.05, 0.1) is 6.61 Å². The van der Waals surface area contributed by atoms with Crippen molar-refractivity contribution in [3.8, 4) is 0 Å². The lowest BCUT2D eigenvalue weighted by atomic mass is 10.0. The van der Waals surface area contributed by atoms with Crippen molar-refractivity contribution in [2.45, 2.75) is 110 Å². The van der Waals surface area contributed by atoms with E-state index in [9.17, 15) is 9.46 Å². The zero-order valence-electron chi connectivity index (χ0n) is 15.1. The molecule has 0 spiro atoms. The van der Waals surface area contributed by atoms with Crippen molar-refractivity contribution in [1.82, 2.24) is 0 Å². The van der Waals surface area contributed by atoms with Gasteiger partial charge in [-0.05, 0) is 6.42 Å². The summed E-state index contributed by atoms with van der Waals surface area (Å²) < 4.78 is 14.7. The van der Waals surface area contributed by atoms with Gasteiger partial charge in [0.25, 0.3) is 7.82 Å². The van der Waals surface area contributed by atoms with Crippen LogP contribution in [-0.2, 0) is 9.09 Å². The highest BCUT2D eigenvalue weighted by Crippen LogP contribution is 2.30. The molecule has 0 fully saturated rings. The highest BCUT2D eigenvalue weighted by atomic mass is 31.2. The van der Waals surface area contributed by atoms with Crippen LogP contribution in [0.1, 0.15) is 110 Å². The van der Waals surface area contributed by atoms with Crippen molar-refractivity contribution in [1.29, 1.82) is 0 Å². The van der Waals surface area contributed by atoms with Gasteiger partial charge in [-0.1, -0.05) is 103 Å². The van der Waals surface area contributed by atoms with Crippen molar-refractivity contribution in [2.24, 2.45) is 0 Å². The molecule has 0 saturated carbocycles. The van der Waals surface area contributed by atoms with Crippen LogP contribution in [0.4, 0.5) is 0 Å². The Morgan fingerprint density at radius 1 is 0.696 bits per heavy atom. The summed E-state index contributed by atoms with van der Waals surface area (Å²) >= 11 is 0. The van der Waals surface area contributed by atoms with E-state index < -0.39 is 7.82 Å². The Morgan fingerprint density at radius 2 is 1.00 bits per heavy atom. The minimum atomic E-state index is -4.51. The Balaban J connectivity index is 3.01. The van der Waals surface area contributed by atoms with Gasteiger partial charge in [-0.3, -0.25) is 4.57 Å². The molecule has 1 atom stereocenters. The van der Waals surface area contributed by atoms with Crippen molar-refractivity contribution >= 4 is 7.82 Å². The second-order valence-electron chi connectivity index (χ2n) is 6.61. The van der Waals surface area contributed by atoms with E-state index in [1.165, 1.54) is 83.5 Å². The number of unbranched alkanes of at least 4 members (excludes halogenated alkanes) is 15. The van der Waals surface area contributed by atoms with Crippen LogP contribution in [0.2, 0.25) is 0 Å². The normalized spacial score (nSPS) is 14.0. The van der Waals surface area contributed by atoms with Crippen LogP contribution in [0, 0.1) is 0 Å². The van der Waals surface area contributed by atoms with Gasteiger partial charge in [-0.25, -0.2) is 0 Å². The third kappa shape index (κ3) is 22.1. The van der Waals surface area contributed by atoms with Gasteiger partial charge < -0.3 is 14.3 Å². The zero-order valence-corrected chi connectivity index (χ0v) is 16.0. The molecular weight excluding hydrogens is 311 g/mol. The maximum Gasteiger partial charge on any atom is 0.265 e. The standard InChI is InChI=1S/C18H39O4P/c1-2-3-4-5-6-7-8-9-10-11-12-13-14-15-16-17-18-22-23(19,20)21/h2-18H2,1H3,(H2,19,20,21)/p-1. The molecule has 0 saturated heterocycles. The summed E-state index contributed by atoms with van der Waals surface area (Å²) in [5.74, 6) is 0. The lowest BCUT2D eigenvalue weighted by Crippen LogP contribution is -2.04. The van der Waals surface area contributed by atoms with E-state index in [2.05, 4.69) is 11.4 Å². The van der Waals surface area contributed by atoms with Gasteiger partial charge in [-0.2, -0.15) is 0 Å². The van der Waals surface area contributed by atoms with Gasteiger partial charge in [0.1, 0.15) is 0 Å². The largest absolute Gasteiger partial charge is 0.756 e. The summed E-state index contributed by atoms with van der Waals surface area (Å²) in [5.41, 5.74) is 0. The quantitative estimate of drug-likeness (QED) is 0.253. The first-order chi connectivity index (χ1) is 11.1. The predicted molar refractivity (Wildman–Crippen MR) is 95.3 cm³/mol. The molecule has 23 heavy (non-hydrogen) atoms. The Morgan fingerprint density at radius 3 is 1.30 bits per heavy atom. The Hall–Kier alpha value is 0.110. The van der Waals surface area contributed by atoms with E-state index in [0.29, 0.717) is 6.42 Å². The molecule has 0 aliphatic carbocycles. The summed E-state index contributed by atoms with van der Waals surface area (Å²) in [6.45, 7) is 2.37. The fourth-order valence-electron chi connectivity index (χ4n) is 2.83. The van der Waals surface area contributed by atoms with Crippen LogP contribution in [0.15, 0.2) is 0 Å². The minimum absolute atomic E-state index is 0.107. The molecule has 0 aromatic carbocycles. The molecule has 0 radical (unpaired) electrons. The number of phosphoric acid groups is 1. The van der Waals surface area contributed by atoms with E-state index in [1.54, 1.807) is 0 Å². The lowest BCUT2D eigenvalue weighted by molar-refractivity contribution is -0.219. The zero-order chi connectivity index (χ0) is 17.2. The molecule has 5 heteroatoms. The highest BCUT2D eigenvalue weighted by Gasteiger charge is 2.00. The Bertz CT molecular complexity index is 278. The topological polar surface area (TPSA) is 69.6 Å². The summed E-state index contributed by atoms with van der Waals surface area (Å²) in [6, 6.07) is 0. The van der Waals surface area contributed by atoms with E-state index in [1.807, 2.05) is 0 Å². The molecular formula is C18H38O4P-. The maximum absolute atomic E-state index is 10.4. The summed E-state index contributed by atoms with van der Waals surface area (Å²) in [6.07, 6.45) is 20.5. The van der Waals surface area contributed by atoms with Gasteiger partial charge in [0, 0.05) is 0 Å². The minimum Gasteiger partial charge on any atom is -0.756 e.